The summed E-state index contributed by atoms with van der Waals surface area (Å²) < 4.78 is 37.7. The fraction of sp³-hybridized carbons (Fsp3) is 0.133. The van der Waals surface area contributed by atoms with Gasteiger partial charge in [-0.1, -0.05) is 35.9 Å². The van der Waals surface area contributed by atoms with E-state index in [1.807, 2.05) is 0 Å². The van der Waals surface area contributed by atoms with Gasteiger partial charge in [0.1, 0.15) is 0 Å². The van der Waals surface area contributed by atoms with E-state index in [0.717, 1.165) is 12.1 Å². The summed E-state index contributed by atoms with van der Waals surface area (Å²) in [6, 6.07) is 8.65. The number of amides is 1. The Morgan fingerprint density at radius 3 is 2.25 bits per heavy atom. The number of hydrogen-bond acceptors (Lipinski definition) is 3. The monoisotopic (exact) mass is 357 g/mol. The lowest BCUT2D eigenvalue weighted by Gasteiger charge is -2.10. The number of hydrogen-bond donors (Lipinski definition) is 3. The largest absolute Gasteiger partial charge is 0.488 e. The third kappa shape index (κ3) is 4.50. The molecule has 9 heteroatoms. The lowest BCUT2D eigenvalue weighted by atomic mass is 9.80. The van der Waals surface area contributed by atoms with Crippen LogP contribution < -0.4 is 10.8 Å². The molecule has 3 N–H and O–H groups in total. The maximum absolute atomic E-state index is 12.6. The van der Waals surface area contributed by atoms with Gasteiger partial charge in [-0.05, 0) is 29.2 Å². The Bertz CT molecular complexity index is 736. The number of alkyl halides is 3. The van der Waals surface area contributed by atoms with Crippen molar-refractivity contribution in [3.05, 3.63) is 64.2 Å². The minimum atomic E-state index is -4.53. The van der Waals surface area contributed by atoms with Crippen molar-refractivity contribution in [2.24, 2.45) is 0 Å². The average Bonchev–Trinajstić information content (AvgIpc) is 2.52. The topological polar surface area (TPSA) is 69.6 Å². The zero-order valence-corrected chi connectivity index (χ0v) is 12.9. The van der Waals surface area contributed by atoms with E-state index >= 15 is 0 Å². The first kappa shape index (κ1) is 18.3. The van der Waals surface area contributed by atoms with Crippen LogP contribution in [0.15, 0.2) is 42.5 Å². The predicted molar refractivity (Wildman–Crippen MR) is 83.9 cm³/mol. The molecule has 0 unspecified atom stereocenters. The quantitative estimate of drug-likeness (QED) is 0.733. The molecule has 0 saturated carbocycles. The van der Waals surface area contributed by atoms with Crippen molar-refractivity contribution in [3.8, 4) is 0 Å². The second-order valence-corrected chi connectivity index (χ2v) is 5.40. The van der Waals surface area contributed by atoms with Gasteiger partial charge in [-0.25, -0.2) is 0 Å². The Kier molecular flexibility index (Phi) is 5.53. The lowest BCUT2D eigenvalue weighted by molar-refractivity contribution is -0.137. The summed E-state index contributed by atoms with van der Waals surface area (Å²) in [5.41, 5.74) is -0.0130. The van der Waals surface area contributed by atoms with Gasteiger partial charge in [-0.3, -0.25) is 4.79 Å². The standard InChI is InChI=1S/C15H12BClF3NO3/c17-13-7-10(15(18,19)20)3-6-12(13)14(22)21-8-9-1-4-11(5-2-9)16(23)24/h1-7,23-24H,8H2,(H,21,22). The van der Waals surface area contributed by atoms with Crippen molar-refractivity contribution < 1.29 is 28.0 Å². The molecule has 2 aromatic carbocycles. The molecular formula is C15H12BClF3NO3. The van der Waals surface area contributed by atoms with Crippen molar-refractivity contribution >= 4 is 30.1 Å². The van der Waals surface area contributed by atoms with Crippen LogP contribution in [-0.2, 0) is 12.7 Å². The molecule has 2 aromatic rings. The highest BCUT2D eigenvalue weighted by Crippen LogP contribution is 2.32. The molecule has 0 aliphatic heterocycles. The minimum absolute atomic E-state index is 0.0629. The highest BCUT2D eigenvalue weighted by molar-refractivity contribution is 6.58. The summed E-state index contributed by atoms with van der Waals surface area (Å²) in [6.45, 7) is 0.109. The average molecular weight is 358 g/mol. The summed E-state index contributed by atoms with van der Waals surface area (Å²) in [4.78, 5) is 12.0. The second kappa shape index (κ2) is 7.25. The highest BCUT2D eigenvalue weighted by atomic mass is 35.5. The van der Waals surface area contributed by atoms with Gasteiger partial charge in [-0.15, -0.1) is 0 Å². The van der Waals surface area contributed by atoms with Gasteiger partial charge in [0.2, 0.25) is 0 Å². The van der Waals surface area contributed by atoms with Crippen molar-refractivity contribution in [1.82, 2.24) is 5.32 Å². The molecular weight excluding hydrogens is 345 g/mol. The Hall–Kier alpha value is -2.03. The van der Waals surface area contributed by atoms with Crippen molar-refractivity contribution in [1.29, 1.82) is 0 Å². The maximum atomic E-state index is 12.6. The second-order valence-electron chi connectivity index (χ2n) is 4.99. The van der Waals surface area contributed by atoms with Crippen LogP contribution in [0.25, 0.3) is 0 Å². The molecule has 0 radical (unpaired) electrons. The number of carbonyl (C=O) groups excluding carboxylic acids is 1. The Balaban J connectivity index is 2.05. The fourth-order valence-corrected chi connectivity index (χ4v) is 2.23. The molecule has 1 amide bonds. The molecule has 0 fully saturated rings. The molecule has 126 valence electrons. The van der Waals surface area contributed by atoms with E-state index in [4.69, 9.17) is 21.6 Å². The fourth-order valence-electron chi connectivity index (χ4n) is 1.96. The van der Waals surface area contributed by atoms with E-state index in [0.29, 0.717) is 17.1 Å². The van der Waals surface area contributed by atoms with Gasteiger partial charge < -0.3 is 15.4 Å². The molecule has 0 heterocycles. The van der Waals surface area contributed by atoms with E-state index in [1.54, 1.807) is 12.1 Å². The van der Waals surface area contributed by atoms with Crippen molar-refractivity contribution in [2.45, 2.75) is 12.7 Å². The summed E-state index contributed by atoms with van der Waals surface area (Å²) in [5.74, 6) is -0.611. The third-order valence-corrected chi connectivity index (χ3v) is 3.58. The molecule has 0 aliphatic carbocycles. The Morgan fingerprint density at radius 1 is 1.12 bits per heavy atom. The number of carbonyl (C=O) groups is 1. The van der Waals surface area contributed by atoms with Crippen LogP contribution in [0, 0.1) is 0 Å². The molecule has 0 saturated heterocycles. The van der Waals surface area contributed by atoms with Crippen LogP contribution in [0.1, 0.15) is 21.5 Å². The first-order chi connectivity index (χ1) is 11.2. The zero-order chi connectivity index (χ0) is 17.9. The highest BCUT2D eigenvalue weighted by Gasteiger charge is 2.31. The molecule has 2 rings (SSSR count). The van der Waals surface area contributed by atoms with Crippen LogP contribution >= 0.6 is 11.6 Å². The van der Waals surface area contributed by atoms with Gasteiger partial charge in [0.25, 0.3) is 5.91 Å². The van der Waals surface area contributed by atoms with Crippen molar-refractivity contribution in [3.63, 3.8) is 0 Å². The first-order valence-corrected chi connectivity index (χ1v) is 7.16. The van der Waals surface area contributed by atoms with Crippen LogP contribution in [0.2, 0.25) is 5.02 Å². The number of rotatable bonds is 4. The van der Waals surface area contributed by atoms with Crippen LogP contribution in [0.4, 0.5) is 13.2 Å². The molecule has 0 atom stereocenters. The van der Waals surface area contributed by atoms with Gasteiger partial charge in [0, 0.05) is 6.54 Å². The molecule has 0 aliphatic rings. The van der Waals surface area contributed by atoms with E-state index in [9.17, 15) is 18.0 Å². The van der Waals surface area contributed by atoms with E-state index in [-0.39, 0.29) is 17.1 Å². The van der Waals surface area contributed by atoms with Crippen LogP contribution in [-0.4, -0.2) is 23.1 Å². The number of benzene rings is 2. The minimum Gasteiger partial charge on any atom is -0.423 e. The van der Waals surface area contributed by atoms with Crippen molar-refractivity contribution in [2.75, 3.05) is 0 Å². The smallest absolute Gasteiger partial charge is 0.423 e. The molecule has 0 aromatic heterocycles. The summed E-state index contributed by atoms with van der Waals surface area (Å²) >= 11 is 5.75. The predicted octanol–water partition coefficient (Wildman–Crippen LogP) is 1.97. The first-order valence-electron chi connectivity index (χ1n) is 6.78. The zero-order valence-electron chi connectivity index (χ0n) is 12.1. The van der Waals surface area contributed by atoms with E-state index in [1.165, 1.54) is 12.1 Å². The van der Waals surface area contributed by atoms with E-state index in [2.05, 4.69) is 5.32 Å². The number of nitrogens with one attached hydrogen (secondary N) is 1. The Labute approximate surface area is 141 Å². The molecule has 0 spiro atoms. The molecule has 24 heavy (non-hydrogen) atoms. The Morgan fingerprint density at radius 2 is 1.75 bits per heavy atom. The van der Waals surface area contributed by atoms with Gasteiger partial charge in [-0.2, -0.15) is 13.2 Å². The SMILES string of the molecule is O=C(NCc1ccc(B(O)O)cc1)c1ccc(C(F)(F)F)cc1Cl. The van der Waals surface area contributed by atoms with Gasteiger partial charge >= 0.3 is 13.3 Å². The van der Waals surface area contributed by atoms with Crippen LogP contribution in [0.3, 0.4) is 0 Å². The lowest BCUT2D eigenvalue weighted by Crippen LogP contribution is -2.30. The molecule has 0 bridgehead atoms. The normalized spacial score (nSPS) is 11.2. The maximum Gasteiger partial charge on any atom is 0.488 e. The van der Waals surface area contributed by atoms with Gasteiger partial charge in [0.05, 0.1) is 16.1 Å². The summed E-state index contributed by atoms with van der Waals surface area (Å²) in [7, 11) is -1.58. The molecule has 4 nitrogen and oxygen atoms in total. The summed E-state index contributed by atoms with van der Waals surface area (Å²) in [5, 5.41) is 20.2. The van der Waals surface area contributed by atoms with Crippen LogP contribution in [0.5, 0.6) is 0 Å². The summed E-state index contributed by atoms with van der Waals surface area (Å²) in [6.07, 6.45) is -4.53. The third-order valence-electron chi connectivity index (χ3n) is 3.27. The number of halogens is 4. The van der Waals surface area contributed by atoms with Gasteiger partial charge in [0.15, 0.2) is 0 Å². The van der Waals surface area contributed by atoms with E-state index < -0.39 is 24.8 Å².